The van der Waals surface area contributed by atoms with Crippen LogP contribution in [0.2, 0.25) is 0 Å². The van der Waals surface area contributed by atoms with Gasteiger partial charge in [0.15, 0.2) is 5.65 Å². The smallest absolute Gasteiger partial charge is 0.246 e. The Hall–Kier alpha value is -3.86. The number of likely N-dealkylation sites (tertiary alicyclic amines) is 1. The molecule has 1 aliphatic heterocycles. The van der Waals surface area contributed by atoms with Crippen LogP contribution in [-0.2, 0) is 11.4 Å². The van der Waals surface area contributed by atoms with Gasteiger partial charge in [-0.1, -0.05) is 6.58 Å². The molecule has 4 aromatic rings. The molecule has 33 heavy (non-hydrogen) atoms. The van der Waals surface area contributed by atoms with Gasteiger partial charge >= 0.3 is 0 Å². The standard InChI is InChI=1S/C22H22N8O2S/c1-2-18(31)29-7-3-4-15(9-29)30-22-19(21(23)26-13-27-22)20(28-30)14-8-16(33-11-14)10-32-17-5-6-24-12-25-17/h2,5-6,8,11-13,15H,1,3-4,7,9-10H2,(H2,23,26,27)/t15-/m1/s1. The van der Waals surface area contributed by atoms with Crippen LogP contribution in [0.1, 0.15) is 23.8 Å². The Morgan fingerprint density at radius 3 is 3.06 bits per heavy atom. The van der Waals surface area contributed by atoms with E-state index in [1.165, 1.54) is 18.7 Å². The summed E-state index contributed by atoms with van der Waals surface area (Å²) in [7, 11) is 0. The van der Waals surface area contributed by atoms with Crippen LogP contribution in [0.3, 0.4) is 0 Å². The molecule has 11 heteroatoms. The molecule has 0 unspecified atom stereocenters. The van der Waals surface area contributed by atoms with Gasteiger partial charge in [0.25, 0.3) is 0 Å². The minimum atomic E-state index is -0.0725. The summed E-state index contributed by atoms with van der Waals surface area (Å²) in [6.07, 6.45) is 7.66. The van der Waals surface area contributed by atoms with E-state index in [4.69, 9.17) is 15.6 Å². The lowest BCUT2D eigenvalue weighted by Crippen LogP contribution is -2.40. The number of rotatable bonds is 6. The molecule has 10 nitrogen and oxygen atoms in total. The fourth-order valence-corrected chi connectivity index (χ4v) is 4.81. The molecule has 0 aliphatic carbocycles. The molecular formula is C22H22N8O2S. The predicted octanol–water partition coefficient (Wildman–Crippen LogP) is 2.86. The molecule has 1 atom stereocenters. The second-order valence-corrected chi connectivity index (χ2v) is 8.67. The zero-order chi connectivity index (χ0) is 22.8. The fourth-order valence-electron chi connectivity index (χ4n) is 4.03. The van der Waals surface area contributed by atoms with Crippen LogP contribution in [-0.4, -0.2) is 53.6 Å². The number of nitrogens with two attached hydrogens (primary N) is 1. The first-order valence-corrected chi connectivity index (χ1v) is 11.4. The number of nitrogens with zero attached hydrogens (tertiary/aromatic N) is 7. The predicted molar refractivity (Wildman–Crippen MR) is 124 cm³/mol. The highest BCUT2D eigenvalue weighted by atomic mass is 32.1. The van der Waals surface area contributed by atoms with Crippen molar-refractivity contribution in [3.8, 4) is 17.1 Å². The third-order valence-corrected chi connectivity index (χ3v) is 6.50. The van der Waals surface area contributed by atoms with E-state index in [0.29, 0.717) is 42.4 Å². The summed E-state index contributed by atoms with van der Waals surface area (Å²) in [4.78, 5) is 31.6. The van der Waals surface area contributed by atoms with Crippen LogP contribution in [0.5, 0.6) is 5.88 Å². The molecule has 5 rings (SSSR count). The van der Waals surface area contributed by atoms with E-state index in [9.17, 15) is 4.79 Å². The number of hydrogen-bond acceptors (Lipinski definition) is 9. The first kappa shape index (κ1) is 21.0. The van der Waals surface area contributed by atoms with Crippen molar-refractivity contribution >= 4 is 34.1 Å². The molecule has 1 fully saturated rings. The van der Waals surface area contributed by atoms with Crippen molar-refractivity contribution in [1.29, 1.82) is 0 Å². The molecule has 168 valence electrons. The van der Waals surface area contributed by atoms with Gasteiger partial charge in [0.2, 0.25) is 11.8 Å². The number of nitrogen functional groups attached to an aromatic ring is 1. The minimum absolute atomic E-state index is 0.00703. The van der Waals surface area contributed by atoms with Gasteiger partial charge in [-0.05, 0) is 25.0 Å². The Labute approximate surface area is 193 Å². The molecule has 0 radical (unpaired) electrons. The van der Waals surface area contributed by atoms with Gasteiger partial charge in [-0.15, -0.1) is 11.3 Å². The maximum Gasteiger partial charge on any atom is 0.246 e. The molecule has 1 amide bonds. The molecule has 5 heterocycles. The van der Waals surface area contributed by atoms with E-state index in [0.717, 1.165) is 29.0 Å². The maximum atomic E-state index is 12.2. The van der Waals surface area contributed by atoms with Crippen molar-refractivity contribution < 1.29 is 9.53 Å². The first-order valence-electron chi connectivity index (χ1n) is 10.5. The third kappa shape index (κ3) is 4.14. The molecular weight excluding hydrogens is 440 g/mol. The number of anilines is 1. The first-order chi connectivity index (χ1) is 16.1. The highest BCUT2D eigenvalue weighted by Crippen LogP contribution is 2.35. The highest BCUT2D eigenvalue weighted by Gasteiger charge is 2.28. The number of hydrogen-bond donors (Lipinski definition) is 1. The SMILES string of the molecule is C=CC(=O)N1CCC[C@@H](n2nc(-c3csc(COc4ccncn4)c3)c3c(N)ncnc32)C1. The van der Waals surface area contributed by atoms with E-state index in [2.05, 4.69) is 26.5 Å². The van der Waals surface area contributed by atoms with Crippen molar-refractivity contribution in [3.05, 3.63) is 53.9 Å². The molecule has 0 saturated carbocycles. The highest BCUT2D eigenvalue weighted by molar-refractivity contribution is 7.10. The number of amides is 1. The van der Waals surface area contributed by atoms with Crippen LogP contribution in [0.15, 0.2) is 49.0 Å². The fraction of sp³-hybridized carbons (Fsp3) is 0.273. The number of carbonyl (C=O) groups is 1. The second-order valence-electron chi connectivity index (χ2n) is 7.67. The number of ether oxygens (including phenoxy) is 1. The van der Waals surface area contributed by atoms with Crippen molar-refractivity contribution in [3.63, 3.8) is 0 Å². The summed E-state index contributed by atoms with van der Waals surface area (Å²) < 4.78 is 7.63. The van der Waals surface area contributed by atoms with Gasteiger partial charge < -0.3 is 15.4 Å². The van der Waals surface area contributed by atoms with Gasteiger partial charge in [-0.25, -0.2) is 24.6 Å². The molecule has 2 N–H and O–H groups in total. The molecule has 0 bridgehead atoms. The third-order valence-electron chi connectivity index (χ3n) is 5.59. The molecule has 4 aromatic heterocycles. The zero-order valence-electron chi connectivity index (χ0n) is 17.8. The van der Waals surface area contributed by atoms with E-state index < -0.39 is 0 Å². The molecule has 0 aromatic carbocycles. The number of carbonyl (C=O) groups excluding carboxylic acids is 1. The number of aromatic nitrogens is 6. The summed E-state index contributed by atoms with van der Waals surface area (Å²) in [6, 6.07) is 3.73. The number of thiophene rings is 1. The van der Waals surface area contributed by atoms with Gasteiger partial charge in [0, 0.05) is 41.2 Å². The average Bonchev–Trinajstić information content (AvgIpc) is 3.48. The normalized spacial score (nSPS) is 16.1. The Morgan fingerprint density at radius 1 is 1.33 bits per heavy atom. The topological polar surface area (TPSA) is 125 Å². The molecule has 0 spiro atoms. The Balaban J connectivity index is 1.46. The van der Waals surface area contributed by atoms with Crippen LogP contribution >= 0.6 is 11.3 Å². The largest absolute Gasteiger partial charge is 0.472 e. The molecule has 1 saturated heterocycles. The summed E-state index contributed by atoms with van der Waals surface area (Å²) >= 11 is 1.57. The Kier molecular flexibility index (Phi) is 5.69. The van der Waals surface area contributed by atoms with Crippen molar-refractivity contribution in [2.75, 3.05) is 18.8 Å². The Morgan fingerprint density at radius 2 is 2.24 bits per heavy atom. The van der Waals surface area contributed by atoms with E-state index in [1.807, 2.05) is 16.1 Å². The van der Waals surface area contributed by atoms with Crippen LogP contribution in [0.25, 0.3) is 22.3 Å². The zero-order valence-corrected chi connectivity index (χ0v) is 18.6. The molecule has 1 aliphatic rings. The van der Waals surface area contributed by atoms with Gasteiger partial charge in [0.1, 0.15) is 30.8 Å². The van der Waals surface area contributed by atoms with Crippen molar-refractivity contribution in [2.45, 2.75) is 25.5 Å². The van der Waals surface area contributed by atoms with Gasteiger partial charge in [0.05, 0.1) is 11.4 Å². The van der Waals surface area contributed by atoms with Crippen LogP contribution in [0, 0.1) is 0 Å². The van der Waals surface area contributed by atoms with Crippen LogP contribution < -0.4 is 10.5 Å². The van der Waals surface area contributed by atoms with Crippen LogP contribution in [0.4, 0.5) is 5.82 Å². The van der Waals surface area contributed by atoms with Gasteiger partial charge in [-0.2, -0.15) is 5.10 Å². The van der Waals surface area contributed by atoms with E-state index >= 15 is 0 Å². The monoisotopic (exact) mass is 462 g/mol. The lowest BCUT2D eigenvalue weighted by molar-refractivity contribution is -0.127. The summed E-state index contributed by atoms with van der Waals surface area (Å²) in [6.45, 7) is 5.25. The lowest BCUT2D eigenvalue weighted by atomic mass is 10.1. The van der Waals surface area contributed by atoms with E-state index in [-0.39, 0.29) is 11.9 Å². The summed E-state index contributed by atoms with van der Waals surface area (Å²) in [5, 5.41) is 7.64. The lowest BCUT2D eigenvalue weighted by Gasteiger charge is -2.32. The second kappa shape index (κ2) is 8.94. The minimum Gasteiger partial charge on any atom is -0.472 e. The quantitative estimate of drug-likeness (QED) is 0.434. The number of fused-ring (bicyclic) bond motifs is 1. The van der Waals surface area contributed by atoms with E-state index in [1.54, 1.807) is 28.5 Å². The van der Waals surface area contributed by atoms with Crippen molar-refractivity contribution in [1.82, 2.24) is 34.6 Å². The average molecular weight is 463 g/mol. The number of piperidine rings is 1. The van der Waals surface area contributed by atoms with Crippen molar-refractivity contribution in [2.24, 2.45) is 0 Å². The Bertz CT molecular complexity index is 1300. The maximum absolute atomic E-state index is 12.2. The summed E-state index contributed by atoms with van der Waals surface area (Å²) in [5.74, 6) is 0.820. The van der Waals surface area contributed by atoms with Gasteiger partial charge in [-0.3, -0.25) is 4.79 Å². The summed E-state index contributed by atoms with van der Waals surface area (Å²) in [5.41, 5.74) is 8.57.